The summed E-state index contributed by atoms with van der Waals surface area (Å²) in [5, 5.41) is 8.80. The van der Waals surface area contributed by atoms with E-state index in [2.05, 4.69) is 36.7 Å². The van der Waals surface area contributed by atoms with E-state index in [1.807, 2.05) is 19.2 Å². The van der Waals surface area contributed by atoms with Crippen LogP contribution >= 0.6 is 0 Å². The Morgan fingerprint density at radius 2 is 2.06 bits per heavy atom. The third-order valence-corrected chi connectivity index (χ3v) is 2.68. The van der Waals surface area contributed by atoms with Crippen molar-refractivity contribution in [1.82, 2.24) is 4.98 Å². The number of rotatable bonds is 4. The molecule has 86 valence electrons. The van der Waals surface area contributed by atoms with E-state index in [0.717, 1.165) is 12.2 Å². The number of pyridine rings is 1. The summed E-state index contributed by atoms with van der Waals surface area (Å²) in [4.78, 5) is 6.41. The molecule has 1 atom stereocenters. The van der Waals surface area contributed by atoms with Crippen molar-refractivity contribution >= 4 is 5.82 Å². The van der Waals surface area contributed by atoms with Crippen LogP contribution < -0.4 is 4.90 Å². The lowest BCUT2D eigenvalue weighted by Crippen LogP contribution is -2.30. The highest BCUT2D eigenvalue weighted by molar-refractivity contribution is 5.41. The minimum atomic E-state index is 0.432. The van der Waals surface area contributed by atoms with Gasteiger partial charge in [-0.25, -0.2) is 4.98 Å². The number of nitrogens with zero attached hydrogens (tertiary/aromatic N) is 3. The first kappa shape index (κ1) is 12.5. The summed E-state index contributed by atoms with van der Waals surface area (Å²) in [6, 6.07) is 8.04. The van der Waals surface area contributed by atoms with Gasteiger partial charge in [0, 0.05) is 13.1 Å². The molecule has 0 bridgehead atoms. The van der Waals surface area contributed by atoms with E-state index < -0.39 is 0 Å². The van der Waals surface area contributed by atoms with E-state index in [9.17, 15) is 0 Å². The molecule has 0 radical (unpaired) electrons. The highest BCUT2D eigenvalue weighted by atomic mass is 15.2. The number of hydrogen-bond acceptors (Lipinski definition) is 3. The van der Waals surface area contributed by atoms with Crippen molar-refractivity contribution < 1.29 is 0 Å². The fourth-order valence-corrected chi connectivity index (χ4v) is 1.75. The maximum Gasteiger partial charge on any atom is 0.142 e. The van der Waals surface area contributed by atoms with Crippen LogP contribution in [0, 0.1) is 17.2 Å². The van der Waals surface area contributed by atoms with Crippen LogP contribution in [0.15, 0.2) is 18.2 Å². The molecule has 0 aliphatic carbocycles. The van der Waals surface area contributed by atoms with E-state index in [0.29, 0.717) is 17.7 Å². The number of aromatic nitrogens is 1. The highest BCUT2D eigenvalue weighted by Gasteiger charge is 2.12. The Kier molecular flexibility index (Phi) is 4.30. The van der Waals surface area contributed by atoms with Crippen LogP contribution in [0.5, 0.6) is 0 Å². The first-order valence-corrected chi connectivity index (χ1v) is 5.64. The third-order valence-electron chi connectivity index (χ3n) is 2.68. The van der Waals surface area contributed by atoms with Gasteiger partial charge in [0.1, 0.15) is 17.6 Å². The molecule has 0 N–H and O–H groups in total. The van der Waals surface area contributed by atoms with E-state index in [-0.39, 0.29) is 0 Å². The Labute approximate surface area is 97.7 Å². The van der Waals surface area contributed by atoms with E-state index in [1.54, 1.807) is 6.07 Å². The summed E-state index contributed by atoms with van der Waals surface area (Å²) in [6.45, 7) is 6.60. The van der Waals surface area contributed by atoms with Crippen molar-refractivity contribution in [3.05, 3.63) is 23.9 Å². The van der Waals surface area contributed by atoms with Crippen LogP contribution in [0.25, 0.3) is 0 Å². The molecular formula is C13H19N3. The quantitative estimate of drug-likeness (QED) is 0.778. The molecular weight excluding hydrogens is 198 g/mol. The lowest BCUT2D eigenvalue weighted by atomic mass is 10.0. The second-order valence-corrected chi connectivity index (χ2v) is 4.58. The summed E-state index contributed by atoms with van der Waals surface area (Å²) < 4.78 is 0. The maximum atomic E-state index is 8.80. The van der Waals surface area contributed by atoms with Crippen molar-refractivity contribution in [1.29, 1.82) is 5.26 Å². The maximum absolute atomic E-state index is 8.80. The number of anilines is 1. The smallest absolute Gasteiger partial charge is 0.142 e. The highest BCUT2D eigenvalue weighted by Crippen LogP contribution is 2.16. The predicted molar refractivity (Wildman–Crippen MR) is 66.3 cm³/mol. The Balaban J connectivity index is 2.79. The van der Waals surface area contributed by atoms with Crippen LogP contribution in [0.4, 0.5) is 5.82 Å². The molecule has 0 aromatic carbocycles. The predicted octanol–water partition coefficient (Wildman–Crippen LogP) is 2.82. The van der Waals surface area contributed by atoms with Crippen LogP contribution in [-0.4, -0.2) is 18.1 Å². The summed E-state index contributed by atoms with van der Waals surface area (Å²) in [5.41, 5.74) is 0.473. The molecule has 1 unspecified atom stereocenters. The lowest BCUT2D eigenvalue weighted by molar-refractivity contribution is 0.502. The zero-order chi connectivity index (χ0) is 12.1. The molecule has 1 heterocycles. The Bertz CT molecular complexity index is 379. The molecule has 3 nitrogen and oxygen atoms in total. The minimum Gasteiger partial charge on any atom is -0.357 e. The molecule has 1 aromatic rings. The van der Waals surface area contributed by atoms with Gasteiger partial charge in [-0.1, -0.05) is 19.9 Å². The molecule has 16 heavy (non-hydrogen) atoms. The SMILES string of the molecule is CC(C)CC(C)N(C)c1cccc(C#N)n1. The van der Waals surface area contributed by atoms with Crippen molar-refractivity contribution in [3.8, 4) is 6.07 Å². The van der Waals surface area contributed by atoms with Gasteiger partial charge in [0.15, 0.2) is 0 Å². The number of nitriles is 1. The Hall–Kier alpha value is -1.56. The minimum absolute atomic E-state index is 0.432. The van der Waals surface area contributed by atoms with Gasteiger partial charge in [-0.2, -0.15) is 5.26 Å². The average Bonchev–Trinajstić information content (AvgIpc) is 2.27. The Morgan fingerprint density at radius 1 is 1.38 bits per heavy atom. The van der Waals surface area contributed by atoms with Gasteiger partial charge in [0.05, 0.1) is 0 Å². The summed E-state index contributed by atoms with van der Waals surface area (Å²) in [6.07, 6.45) is 1.12. The van der Waals surface area contributed by atoms with Crippen molar-refractivity contribution in [2.45, 2.75) is 33.2 Å². The zero-order valence-corrected chi connectivity index (χ0v) is 10.4. The largest absolute Gasteiger partial charge is 0.357 e. The van der Waals surface area contributed by atoms with Gasteiger partial charge in [-0.05, 0) is 31.4 Å². The topological polar surface area (TPSA) is 39.9 Å². The first-order valence-electron chi connectivity index (χ1n) is 5.64. The van der Waals surface area contributed by atoms with Crippen LogP contribution in [-0.2, 0) is 0 Å². The second kappa shape index (κ2) is 5.50. The second-order valence-electron chi connectivity index (χ2n) is 4.58. The lowest BCUT2D eigenvalue weighted by Gasteiger charge is -2.27. The molecule has 0 amide bonds. The fraction of sp³-hybridized carbons (Fsp3) is 0.538. The van der Waals surface area contributed by atoms with Crippen molar-refractivity contribution in [3.63, 3.8) is 0 Å². The third kappa shape index (κ3) is 3.23. The van der Waals surface area contributed by atoms with Gasteiger partial charge in [-0.15, -0.1) is 0 Å². The fourth-order valence-electron chi connectivity index (χ4n) is 1.75. The van der Waals surface area contributed by atoms with Gasteiger partial charge >= 0.3 is 0 Å². The van der Waals surface area contributed by atoms with Crippen LogP contribution in [0.3, 0.4) is 0 Å². The van der Waals surface area contributed by atoms with Gasteiger partial charge in [-0.3, -0.25) is 0 Å². The molecule has 0 aliphatic rings. The van der Waals surface area contributed by atoms with Crippen LogP contribution in [0.2, 0.25) is 0 Å². The van der Waals surface area contributed by atoms with E-state index >= 15 is 0 Å². The molecule has 0 fully saturated rings. The number of hydrogen-bond donors (Lipinski definition) is 0. The van der Waals surface area contributed by atoms with E-state index in [4.69, 9.17) is 5.26 Å². The Morgan fingerprint density at radius 3 is 2.62 bits per heavy atom. The first-order chi connectivity index (χ1) is 7.54. The summed E-state index contributed by atoms with van der Waals surface area (Å²) >= 11 is 0. The standard InChI is InChI=1S/C13H19N3/c1-10(2)8-11(3)16(4)13-7-5-6-12(9-14)15-13/h5-7,10-11H,8H2,1-4H3. The van der Waals surface area contributed by atoms with Crippen LogP contribution in [0.1, 0.15) is 32.9 Å². The molecule has 0 spiro atoms. The summed E-state index contributed by atoms with van der Waals surface area (Å²) in [5.74, 6) is 1.53. The average molecular weight is 217 g/mol. The normalized spacial score (nSPS) is 12.2. The molecule has 0 saturated heterocycles. The van der Waals surface area contributed by atoms with Gasteiger partial charge in [0.25, 0.3) is 0 Å². The summed E-state index contributed by atoms with van der Waals surface area (Å²) in [7, 11) is 2.02. The van der Waals surface area contributed by atoms with Gasteiger partial charge < -0.3 is 4.90 Å². The van der Waals surface area contributed by atoms with Crippen molar-refractivity contribution in [2.75, 3.05) is 11.9 Å². The van der Waals surface area contributed by atoms with E-state index in [1.165, 1.54) is 0 Å². The zero-order valence-electron chi connectivity index (χ0n) is 10.4. The monoisotopic (exact) mass is 217 g/mol. The molecule has 1 rings (SSSR count). The van der Waals surface area contributed by atoms with Crippen molar-refractivity contribution in [2.24, 2.45) is 5.92 Å². The molecule has 1 aromatic heterocycles. The molecule has 0 aliphatic heterocycles. The molecule has 3 heteroatoms. The molecule has 0 saturated carbocycles. The van der Waals surface area contributed by atoms with Gasteiger partial charge in [0.2, 0.25) is 0 Å².